The fourth-order valence-electron chi connectivity index (χ4n) is 4.19. The van der Waals surface area contributed by atoms with Gasteiger partial charge in [-0.1, -0.05) is 0 Å². The molecule has 17 nitrogen and oxygen atoms in total. The lowest BCUT2D eigenvalue weighted by molar-refractivity contribution is -0.356. The molecule has 0 spiro atoms. The van der Waals surface area contributed by atoms with E-state index in [-0.39, 0.29) is 0 Å². The lowest BCUT2D eigenvalue weighted by atomic mass is 9.96. The minimum absolute atomic E-state index is 0.544. The molecule has 0 aliphatic carbocycles. The van der Waals surface area contributed by atoms with Crippen LogP contribution in [0.1, 0.15) is 41.5 Å². The summed E-state index contributed by atoms with van der Waals surface area (Å²) in [4.78, 5) is 70.4. The Morgan fingerprint density at radius 3 is 1.41 bits per heavy atom. The normalized spacial score (nSPS) is 33.1. The Morgan fingerprint density at radius 1 is 0.537 bits per heavy atom. The fourth-order valence-corrected chi connectivity index (χ4v) is 4.19. The van der Waals surface area contributed by atoms with E-state index >= 15 is 0 Å². The van der Waals surface area contributed by atoms with Crippen LogP contribution in [0, 0.1) is 0 Å². The molecule has 232 valence electrons. The maximum absolute atomic E-state index is 12.0. The van der Waals surface area contributed by atoms with Gasteiger partial charge in [-0.2, -0.15) is 0 Å². The Morgan fingerprint density at radius 2 is 0.951 bits per heavy atom. The van der Waals surface area contributed by atoms with Crippen LogP contribution < -0.4 is 0 Å². The second-order valence-corrected chi connectivity index (χ2v) is 9.10. The van der Waals surface area contributed by atoms with Crippen molar-refractivity contribution in [1.82, 2.24) is 0 Å². The first-order valence-electron chi connectivity index (χ1n) is 12.4. The molecule has 2 rings (SSSR count). The molecule has 17 heteroatoms. The van der Waals surface area contributed by atoms with Crippen molar-refractivity contribution in [2.45, 2.75) is 103 Å². The molecule has 2 N–H and O–H groups in total. The highest BCUT2D eigenvalue weighted by Crippen LogP contribution is 2.33. The van der Waals surface area contributed by atoms with Crippen molar-refractivity contribution in [1.29, 1.82) is 0 Å². The second-order valence-electron chi connectivity index (χ2n) is 9.10. The van der Waals surface area contributed by atoms with Crippen LogP contribution in [0.3, 0.4) is 0 Å². The van der Waals surface area contributed by atoms with Crippen molar-refractivity contribution in [2.24, 2.45) is 0 Å². The molecule has 0 aromatic rings. The number of aliphatic hydroxyl groups excluding tert-OH is 2. The van der Waals surface area contributed by atoms with Gasteiger partial charge in [-0.3, -0.25) is 28.8 Å². The van der Waals surface area contributed by atoms with Gasteiger partial charge in [0.15, 0.2) is 37.0 Å². The van der Waals surface area contributed by atoms with Gasteiger partial charge < -0.3 is 52.8 Å². The molecule has 0 saturated carbocycles. The topological polar surface area (TPSA) is 226 Å². The molecule has 2 aliphatic rings. The average Bonchev–Trinajstić information content (AvgIpc) is 2.83. The number of rotatable bonds is 10. The zero-order chi connectivity index (χ0) is 31.0. The fraction of sp³-hybridized carbons (Fsp3) is 0.750. The van der Waals surface area contributed by atoms with Crippen LogP contribution in [0.15, 0.2) is 0 Å². The summed E-state index contributed by atoms with van der Waals surface area (Å²) in [6.07, 6.45) is -16.2. The van der Waals surface area contributed by atoms with Gasteiger partial charge in [0.2, 0.25) is 0 Å². The first-order chi connectivity index (χ1) is 19.1. The third-order valence-electron chi connectivity index (χ3n) is 5.63. The quantitative estimate of drug-likeness (QED) is 0.206. The Labute approximate surface area is 234 Å². The van der Waals surface area contributed by atoms with Crippen molar-refractivity contribution in [3.05, 3.63) is 0 Å². The van der Waals surface area contributed by atoms with Crippen molar-refractivity contribution >= 4 is 35.8 Å². The molecular formula is C24H34O17. The third-order valence-corrected chi connectivity index (χ3v) is 5.63. The molecule has 2 saturated heterocycles. The van der Waals surface area contributed by atoms with Crippen LogP contribution in [0.5, 0.6) is 0 Å². The Bertz CT molecular complexity index is 981. The molecule has 41 heavy (non-hydrogen) atoms. The third kappa shape index (κ3) is 9.89. The summed E-state index contributed by atoms with van der Waals surface area (Å²) in [5, 5.41) is 21.6. The number of aliphatic hydroxyl groups is 2. The lowest BCUT2D eigenvalue weighted by Gasteiger charge is -2.47. The summed E-state index contributed by atoms with van der Waals surface area (Å²) >= 11 is 0. The smallest absolute Gasteiger partial charge is 0.303 e. The van der Waals surface area contributed by atoms with E-state index in [1.54, 1.807) is 0 Å². The van der Waals surface area contributed by atoms with E-state index in [9.17, 15) is 39.0 Å². The number of carbonyl (C=O) groups is 6. The van der Waals surface area contributed by atoms with Crippen LogP contribution in [0.25, 0.3) is 0 Å². The largest absolute Gasteiger partial charge is 0.463 e. The Hall–Kier alpha value is -3.38. The van der Waals surface area contributed by atoms with E-state index in [2.05, 4.69) is 0 Å². The highest BCUT2D eigenvalue weighted by atomic mass is 16.8. The SMILES string of the molecule is CC(=O)OC[C@H]1O[C@@H](O[C@H]2[C@H](OC(C)=O)[C@@H](OC(C)=O)[C@H](O)O[C@@H]2COC(C)=O)[C@H](O)[C@@H](OC(C)=O)[C@H]1OC(C)=O. The molecule has 2 heterocycles. The van der Waals surface area contributed by atoms with Gasteiger partial charge in [0.05, 0.1) is 0 Å². The summed E-state index contributed by atoms with van der Waals surface area (Å²) in [5.41, 5.74) is 0. The summed E-state index contributed by atoms with van der Waals surface area (Å²) < 4.78 is 47.9. The van der Waals surface area contributed by atoms with E-state index in [1.165, 1.54) is 0 Å². The van der Waals surface area contributed by atoms with Crippen LogP contribution in [0.4, 0.5) is 0 Å². The number of esters is 6. The van der Waals surface area contributed by atoms with Gasteiger partial charge >= 0.3 is 35.8 Å². The second kappa shape index (κ2) is 15.0. The zero-order valence-electron chi connectivity index (χ0n) is 23.2. The molecule has 10 atom stereocenters. The number of ether oxygens (including phenoxy) is 9. The van der Waals surface area contributed by atoms with Gasteiger partial charge in [0.1, 0.15) is 37.6 Å². The summed E-state index contributed by atoms with van der Waals surface area (Å²) in [6, 6.07) is 0. The molecule has 2 fully saturated rings. The van der Waals surface area contributed by atoms with E-state index < -0.39 is 110 Å². The molecule has 0 amide bonds. The average molecular weight is 595 g/mol. The monoisotopic (exact) mass is 594 g/mol. The molecule has 0 aromatic carbocycles. The summed E-state index contributed by atoms with van der Waals surface area (Å²) in [6.45, 7) is 5.19. The van der Waals surface area contributed by atoms with Crippen LogP contribution in [-0.4, -0.2) is 121 Å². The Balaban J connectivity index is 2.52. The van der Waals surface area contributed by atoms with Gasteiger partial charge in [0, 0.05) is 41.5 Å². The minimum atomic E-state index is -1.89. The summed E-state index contributed by atoms with van der Waals surface area (Å²) in [5.74, 6) is -5.00. The van der Waals surface area contributed by atoms with Crippen LogP contribution in [0.2, 0.25) is 0 Å². The highest BCUT2D eigenvalue weighted by Gasteiger charge is 2.55. The van der Waals surface area contributed by atoms with E-state index in [0.29, 0.717) is 0 Å². The predicted octanol–water partition coefficient (Wildman–Crippen LogP) is -1.97. The number of carbonyl (C=O) groups excluding carboxylic acids is 6. The van der Waals surface area contributed by atoms with Crippen molar-refractivity contribution < 1.29 is 81.6 Å². The van der Waals surface area contributed by atoms with E-state index in [0.717, 1.165) is 41.5 Å². The van der Waals surface area contributed by atoms with Crippen LogP contribution >= 0.6 is 0 Å². The number of hydrogen-bond donors (Lipinski definition) is 2. The van der Waals surface area contributed by atoms with Gasteiger partial charge in [0.25, 0.3) is 0 Å². The van der Waals surface area contributed by atoms with Crippen molar-refractivity contribution in [2.75, 3.05) is 13.2 Å². The molecular weight excluding hydrogens is 560 g/mol. The van der Waals surface area contributed by atoms with Gasteiger partial charge in [-0.05, 0) is 0 Å². The lowest BCUT2D eigenvalue weighted by Crippen LogP contribution is -2.66. The minimum Gasteiger partial charge on any atom is -0.463 e. The molecule has 0 radical (unpaired) electrons. The molecule has 0 aromatic heterocycles. The number of hydrogen-bond acceptors (Lipinski definition) is 17. The Kier molecular flexibility index (Phi) is 12.4. The molecule has 0 unspecified atom stereocenters. The molecule has 0 bridgehead atoms. The zero-order valence-corrected chi connectivity index (χ0v) is 23.2. The highest BCUT2D eigenvalue weighted by molar-refractivity contribution is 5.68. The maximum Gasteiger partial charge on any atom is 0.303 e. The van der Waals surface area contributed by atoms with Gasteiger partial charge in [-0.15, -0.1) is 0 Å². The maximum atomic E-state index is 12.0. The van der Waals surface area contributed by atoms with E-state index in [4.69, 9.17) is 42.6 Å². The van der Waals surface area contributed by atoms with Crippen molar-refractivity contribution in [3.8, 4) is 0 Å². The summed E-state index contributed by atoms with van der Waals surface area (Å²) in [7, 11) is 0. The first kappa shape index (κ1) is 33.8. The first-order valence-corrected chi connectivity index (χ1v) is 12.4. The predicted molar refractivity (Wildman–Crippen MR) is 126 cm³/mol. The molecule has 2 aliphatic heterocycles. The van der Waals surface area contributed by atoms with Gasteiger partial charge in [-0.25, -0.2) is 0 Å². The van der Waals surface area contributed by atoms with Crippen molar-refractivity contribution in [3.63, 3.8) is 0 Å². The standard InChI is InChI=1S/C24H34O17/c1-9(25)33-7-15-19(21(37-13(5)29)22(23(32)39-15)38-14(6)30)41-24-17(31)20(36-12(4)28)18(35-11(3)27)16(40-24)8-34-10(2)26/h15-24,31-32H,7-8H2,1-6H3/t15-,16-,17-,18+,19-,20-,21+,22-,23-,24+/m1/s1. The van der Waals surface area contributed by atoms with Crippen LogP contribution in [-0.2, 0) is 71.4 Å². The van der Waals surface area contributed by atoms with E-state index in [1.807, 2.05) is 0 Å².